The van der Waals surface area contributed by atoms with Crippen molar-refractivity contribution in [3.8, 4) is 0 Å². The molecule has 104 valence electrons. The van der Waals surface area contributed by atoms with Gasteiger partial charge in [0.05, 0.1) is 12.0 Å². The molecule has 0 atom stereocenters. The number of aliphatic carboxylic acids is 1. The van der Waals surface area contributed by atoms with Crippen LogP contribution < -0.4 is 10.6 Å². The molecule has 0 bridgehead atoms. The average Bonchev–Trinajstić information content (AvgIpc) is 2.81. The second-order valence-corrected chi connectivity index (χ2v) is 5.72. The Labute approximate surface area is 115 Å². The van der Waals surface area contributed by atoms with Crippen LogP contribution in [0, 0.1) is 0 Å². The number of aromatic nitrogens is 1. The molecule has 1 saturated carbocycles. The lowest BCUT2D eigenvalue weighted by molar-refractivity contribution is -0.138. The van der Waals surface area contributed by atoms with Crippen molar-refractivity contribution in [1.29, 1.82) is 0 Å². The van der Waals surface area contributed by atoms with E-state index < -0.39 is 11.5 Å². The SMILES string of the molecule is O=C(O)CC1(NC(=O)Nc2nccs2)CCCCC1. The molecule has 0 aromatic carbocycles. The van der Waals surface area contributed by atoms with Gasteiger partial charge in [-0.2, -0.15) is 0 Å². The van der Waals surface area contributed by atoms with Crippen LogP contribution in [0.4, 0.5) is 9.93 Å². The van der Waals surface area contributed by atoms with Crippen molar-refractivity contribution in [3.05, 3.63) is 11.6 Å². The van der Waals surface area contributed by atoms with Gasteiger partial charge in [0.2, 0.25) is 0 Å². The molecule has 1 aromatic rings. The zero-order valence-electron chi connectivity index (χ0n) is 10.5. The Kier molecular flexibility index (Phi) is 4.36. The lowest BCUT2D eigenvalue weighted by Gasteiger charge is -2.36. The molecule has 0 spiro atoms. The van der Waals surface area contributed by atoms with Gasteiger partial charge in [0.25, 0.3) is 0 Å². The number of rotatable bonds is 4. The van der Waals surface area contributed by atoms with Crippen molar-refractivity contribution in [2.75, 3.05) is 5.32 Å². The highest BCUT2D eigenvalue weighted by Gasteiger charge is 2.35. The number of nitrogens with one attached hydrogen (secondary N) is 2. The topological polar surface area (TPSA) is 91.3 Å². The highest BCUT2D eigenvalue weighted by Crippen LogP contribution is 2.31. The first-order valence-electron chi connectivity index (χ1n) is 6.30. The zero-order chi connectivity index (χ0) is 13.7. The Morgan fingerprint density at radius 3 is 2.68 bits per heavy atom. The minimum absolute atomic E-state index is 0.0295. The van der Waals surface area contributed by atoms with Crippen LogP contribution in [0.1, 0.15) is 38.5 Å². The summed E-state index contributed by atoms with van der Waals surface area (Å²) >= 11 is 1.33. The Hall–Kier alpha value is -1.63. The molecule has 0 radical (unpaired) electrons. The number of carbonyl (C=O) groups is 2. The Morgan fingerprint density at radius 1 is 1.37 bits per heavy atom. The van der Waals surface area contributed by atoms with E-state index in [4.69, 9.17) is 5.11 Å². The van der Waals surface area contributed by atoms with Gasteiger partial charge < -0.3 is 10.4 Å². The Balaban J connectivity index is 1.98. The Bertz CT molecular complexity index is 441. The van der Waals surface area contributed by atoms with Crippen LogP contribution in [0.3, 0.4) is 0 Å². The summed E-state index contributed by atoms with van der Waals surface area (Å²) in [6.45, 7) is 0. The molecule has 3 N–H and O–H groups in total. The van der Waals surface area contributed by atoms with Crippen LogP contribution in [-0.2, 0) is 4.79 Å². The van der Waals surface area contributed by atoms with Gasteiger partial charge >= 0.3 is 12.0 Å². The first-order chi connectivity index (χ1) is 9.10. The number of thiazole rings is 1. The molecule has 0 unspecified atom stereocenters. The standard InChI is InChI=1S/C12H17N3O3S/c16-9(17)8-12(4-2-1-3-5-12)15-10(18)14-11-13-6-7-19-11/h6-7H,1-5,8H2,(H,16,17)(H2,13,14,15,18). The van der Waals surface area contributed by atoms with Gasteiger partial charge in [-0.1, -0.05) is 19.3 Å². The molecule has 1 aliphatic rings. The molecule has 19 heavy (non-hydrogen) atoms. The van der Waals surface area contributed by atoms with Gasteiger partial charge in [0, 0.05) is 11.6 Å². The number of anilines is 1. The summed E-state index contributed by atoms with van der Waals surface area (Å²) in [5.74, 6) is -0.878. The van der Waals surface area contributed by atoms with Gasteiger partial charge in [0.15, 0.2) is 5.13 Å². The summed E-state index contributed by atoms with van der Waals surface area (Å²) in [7, 11) is 0. The average molecular weight is 283 g/mol. The fraction of sp³-hybridized carbons (Fsp3) is 0.583. The van der Waals surface area contributed by atoms with Crippen molar-refractivity contribution in [3.63, 3.8) is 0 Å². The number of urea groups is 1. The van der Waals surface area contributed by atoms with Crippen LogP contribution in [0.25, 0.3) is 0 Å². The minimum atomic E-state index is -0.878. The molecule has 6 nitrogen and oxygen atoms in total. The molecule has 0 saturated heterocycles. The van der Waals surface area contributed by atoms with Crippen LogP contribution in [0.15, 0.2) is 11.6 Å². The number of amides is 2. The maximum absolute atomic E-state index is 11.9. The fourth-order valence-electron chi connectivity index (χ4n) is 2.52. The maximum Gasteiger partial charge on any atom is 0.321 e. The predicted molar refractivity (Wildman–Crippen MR) is 72.3 cm³/mol. The first kappa shape index (κ1) is 13.8. The number of hydrogen-bond acceptors (Lipinski definition) is 4. The monoisotopic (exact) mass is 283 g/mol. The van der Waals surface area contributed by atoms with E-state index in [1.165, 1.54) is 11.3 Å². The Morgan fingerprint density at radius 2 is 2.11 bits per heavy atom. The summed E-state index contributed by atoms with van der Waals surface area (Å²) in [6.07, 6.45) is 5.99. The summed E-state index contributed by atoms with van der Waals surface area (Å²) in [6, 6.07) is -0.377. The molecule has 7 heteroatoms. The van der Waals surface area contributed by atoms with Crippen molar-refractivity contribution < 1.29 is 14.7 Å². The summed E-state index contributed by atoms with van der Waals surface area (Å²) in [4.78, 5) is 26.9. The maximum atomic E-state index is 11.9. The summed E-state index contributed by atoms with van der Waals surface area (Å²) in [5, 5.41) is 16.8. The molecule has 1 aromatic heterocycles. The highest BCUT2D eigenvalue weighted by molar-refractivity contribution is 7.13. The van der Waals surface area contributed by atoms with Crippen molar-refractivity contribution in [1.82, 2.24) is 10.3 Å². The number of carboxylic acids is 1. The highest BCUT2D eigenvalue weighted by atomic mass is 32.1. The summed E-state index contributed by atoms with van der Waals surface area (Å²) < 4.78 is 0. The van der Waals surface area contributed by atoms with Gasteiger partial charge in [-0.05, 0) is 12.8 Å². The number of nitrogens with zero attached hydrogens (tertiary/aromatic N) is 1. The van der Waals surface area contributed by atoms with Gasteiger partial charge in [-0.15, -0.1) is 11.3 Å². The minimum Gasteiger partial charge on any atom is -0.481 e. The number of hydrogen-bond donors (Lipinski definition) is 3. The van der Waals surface area contributed by atoms with E-state index in [9.17, 15) is 9.59 Å². The lowest BCUT2D eigenvalue weighted by atomic mass is 9.79. The van der Waals surface area contributed by atoms with Gasteiger partial charge in [0.1, 0.15) is 0 Å². The smallest absolute Gasteiger partial charge is 0.321 e. The van der Waals surface area contributed by atoms with E-state index in [0.717, 1.165) is 19.3 Å². The van der Waals surface area contributed by atoms with Crippen LogP contribution >= 0.6 is 11.3 Å². The van der Waals surface area contributed by atoms with Crippen molar-refractivity contribution in [2.45, 2.75) is 44.1 Å². The van der Waals surface area contributed by atoms with Crippen LogP contribution in [0.5, 0.6) is 0 Å². The molecular weight excluding hydrogens is 266 g/mol. The molecule has 1 aliphatic carbocycles. The molecule has 1 heterocycles. The van der Waals surface area contributed by atoms with Crippen LogP contribution in [-0.4, -0.2) is 27.6 Å². The zero-order valence-corrected chi connectivity index (χ0v) is 11.3. The van der Waals surface area contributed by atoms with E-state index in [0.29, 0.717) is 18.0 Å². The molecule has 0 aliphatic heterocycles. The molecular formula is C12H17N3O3S. The van der Waals surface area contributed by atoms with Gasteiger partial charge in [-0.25, -0.2) is 9.78 Å². The van der Waals surface area contributed by atoms with E-state index >= 15 is 0 Å². The normalized spacial score (nSPS) is 17.7. The lowest BCUT2D eigenvalue weighted by Crippen LogP contribution is -2.52. The third-order valence-electron chi connectivity index (χ3n) is 3.33. The largest absolute Gasteiger partial charge is 0.481 e. The van der Waals surface area contributed by atoms with Crippen LogP contribution in [0.2, 0.25) is 0 Å². The summed E-state index contributed by atoms with van der Waals surface area (Å²) in [5.41, 5.74) is -0.620. The second-order valence-electron chi connectivity index (χ2n) is 4.83. The first-order valence-corrected chi connectivity index (χ1v) is 7.18. The van der Waals surface area contributed by atoms with E-state index in [1.807, 2.05) is 0 Å². The number of carbonyl (C=O) groups excluding carboxylic acids is 1. The predicted octanol–water partition coefficient (Wildman–Crippen LogP) is 2.44. The van der Waals surface area contributed by atoms with Crippen molar-refractivity contribution >= 4 is 28.5 Å². The quantitative estimate of drug-likeness (QED) is 0.791. The number of carboxylic acid groups (broad SMARTS) is 1. The molecule has 1 fully saturated rings. The third-order valence-corrected chi connectivity index (χ3v) is 4.02. The van der Waals surface area contributed by atoms with E-state index in [1.54, 1.807) is 11.6 Å². The molecule has 2 amide bonds. The van der Waals surface area contributed by atoms with E-state index in [2.05, 4.69) is 15.6 Å². The van der Waals surface area contributed by atoms with E-state index in [-0.39, 0.29) is 12.5 Å². The second kappa shape index (κ2) is 6.01. The van der Waals surface area contributed by atoms with Crippen molar-refractivity contribution in [2.24, 2.45) is 0 Å². The third kappa shape index (κ3) is 3.92. The fourth-order valence-corrected chi connectivity index (χ4v) is 3.04. The molecule has 2 rings (SSSR count). The van der Waals surface area contributed by atoms with Gasteiger partial charge in [-0.3, -0.25) is 10.1 Å².